The number of nitrogens with zero attached hydrogens (tertiary/aromatic N) is 1. The molecule has 0 bridgehead atoms. The number of carbonyl (C=O) groups excluding carboxylic acids is 2. The molecule has 0 unspecified atom stereocenters. The van der Waals surface area contributed by atoms with Crippen molar-refractivity contribution in [1.82, 2.24) is 4.90 Å². The van der Waals surface area contributed by atoms with Crippen molar-refractivity contribution in [3.8, 4) is 0 Å². The zero-order chi connectivity index (χ0) is 14.5. The average molecular weight is 281 g/mol. The second kappa shape index (κ2) is 6.56. The molecule has 0 radical (unpaired) electrons. The van der Waals surface area contributed by atoms with Crippen LogP contribution in [0.3, 0.4) is 0 Å². The van der Waals surface area contributed by atoms with Gasteiger partial charge < -0.3 is 13.9 Å². The van der Waals surface area contributed by atoms with Gasteiger partial charge in [-0.3, -0.25) is 9.69 Å². The minimum Gasteiger partial charge on any atom is -0.468 e. The van der Waals surface area contributed by atoms with Gasteiger partial charge in [0.15, 0.2) is 0 Å². The van der Waals surface area contributed by atoms with E-state index in [2.05, 4.69) is 4.74 Å². The molecule has 110 valence electrons. The van der Waals surface area contributed by atoms with Crippen LogP contribution < -0.4 is 0 Å². The van der Waals surface area contributed by atoms with E-state index in [1.54, 1.807) is 6.07 Å². The number of likely N-dealkylation sites (tertiary alicyclic amines) is 1. The van der Waals surface area contributed by atoms with Gasteiger partial charge in [0.2, 0.25) is 5.76 Å². The van der Waals surface area contributed by atoms with Crippen LogP contribution in [0.15, 0.2) is 16.7 Å². The first-order chi connectivity index (χ1) is 9.67. The maximum Gasteiger partial charge on any atom is 0.374 e. The van der Waals surface area contributed by atoms with Gasteiger partial charge in [-0.2, -0.15) is 0 Å². The second-order valence-corrected chi connectivity index (χ2v) is 4.77. The molecule has 6 nitrogen and oxygen atoms in total. The van der Waals surface area contributed by atoms with E-state index in [4.69, 9.17) is 9.15 Å². The first-order valence-corrected chi connectivity index (χ1v) is 6.64. The number of carbonyl (C=O) groups is 2. The molecule has 0 saturated carbocycles. The fourth-order valence-corrected chi connectivity index (χ4v) is 2.53. The molecular formula is C14H19NO5. The van der Waals surface area contributed by atoms with Crippen molar-refractivity contribution in [3.63, 3.8) is 0 Å². The molecule has 1 aromatic rings. The lowest BCUT2D eigenvalue weighted by Gasteiger charge is -2.33. The maximum atomic E-state index is 11.8. The molecule has 1 aliphatic heterocycles. The highest BCUT2D eigenvalue weighted by atomic mass is 16.5. The van der Waals surface area contributed by atoms with Gasteiger partial charge in [0.05, 0.1) is 20.5 Å². The molecule has 6 heteroatoms. The van der Waals surface area contributed by atoms with E-state index >= 15 is 0 Å². The molecular weight excluding hydrogens is 262 g/mol. The Morgan fingerprint density at radius 2 is 2.15 bits per heavy atom. The van der Waals surface area contributed by atoms with E-state index in [0.29, 0.717) is 6.54 Å². The van der Waals surface area contributed by atoms with Crippen LogP contribution in [0.5, 0.6) is 0 Å². The molecule has 1 atom stereocenters. The van der Waals surface area contributed by atoms with Crippen LogP contribution in [0, 0.1) is 0 Å². The number of rotatable bonds is 4. The van der Waals surface area contributed by atoms with Gasteiger partial charge in [0.1, 0.15) is 6.04 Å². The summed E-state index contributed by atoms with van der Waals surface area (Å²) in [6, 6.07) is 1.48. The molecule has 0 aliphatic carbocycles. The Hall–Kier alpha value is -1.82. The van der Waals surface area contributed by atoms with Gasteiger partial charge in [0, 0.05) is 12.1 Å². The van der Waals surface area contributed by atoms with Crippen LogP contribution in [0.1, 0.15) is 35.4 Å². The molecule has 1 aromatic heterocycles. The molecule has 0 aromatic carbocycles. The monoisotopic (exact) mass is 281 g/mol. The van der Waals surface area contributed by atoms with Crippen molar-refractivity contribution < 1.29 is 23.5 Å². The quantitative estimate of drug-likeness (QED) is 0.781. The predicted molar refractivity (Wildman–Crippen MR) is 70.1 cm³/mol. The summed E-state index contributed by atoms with van der Waals surface area (Å²) in [5.41, 5.74) is 0.729. The third kappa shape index (κ3) is 3.01. The summed E-state index contributed by atoms with van der Waals surface area (Å²) in [7, 11) is 2.71. The molecule has 1 fully saturated rings. The molecule has 1 aliphatic rings. The van der Waals surface area contributed by atoms with E-state index in [9.17, 15) is 9.59 Å². The average Bonchev–Trinajstić information content (AvgIpc) is 2.94. The first kappa shape index (κ1) is 14.6. The Morgan fingerprint density at radius 1 is 1.35 bits per heavy atom. The van der Waals surface area contributed by atoms with Crippen LogP contribution in [-0.4, -0.2) is 43.6 Å². The second-order valence-electron chi connectivity index (χ2n) is 4.77. The number of ether oxygens (including phenoxy) is 2. The highest BCUT2D eigenvalue weighted by molar-refractivity contribution is 5.87. The maximum absolute atomic E-state index is 11.8. The Bertz CT molecular complexity index is 482. The summed E-state index contributed by atoms with van der Waals surface area (Å²) in [5, 5.41) is 0. The highest BCUT2D eigenvalue weighted by Gasteiger charge is 2.30. The topological polar surface area (TPSA) is 69.0 Å². The lowest BCUT2D eigenvalue weighted by molar-refractivity contribution is -0.148. The number of esters is 2. The van der Waals surface area contributed by atoms with Crippen LogP contribution in [0.2, 0.25) is 0 Å². The van der Waals surface area contributed by atoms with Crippen molar-refractivity contribution in [2.45, 2.75) is 31.8 Å². The third-order valence-corrected chi connectivity index (χ3v) is 3.58. The molecule has 1 saturated heterocycles. The van der Waals surface area contributed by atoms with Crippen molar-refractivity contribution in [1.29, 1.82) is 0 Å². The number of hydrogen-bond donors (Lipinski definition) is 0. The van der Waals surface area contributed by atoms with Crippen LogP contribution in [0.4, 0.5) is 0 Å². The third-order valence-electron chi connectivity index (χ3n) is 3.58. The zero-order valence-electron chi connectivity index (χ0n) is 11.8. The van der Waals surface area contributed by atoms with Gasteiger partial charge in [-0.05, 0) is 25.5 Å². The van der Waals surface area contributed by atoms with Gasteiger partial charge in [-0.15, -0.1) is 0 Å². The van der Waals surface area contributed by atoms with E-state index in [-0.39, 0.29) is 17.8 Å². The number of hydrogen-bond acceptors (Lipinski definition) is 6. The SMILES string of the molecule is COC(=O)c1occc1CN1CCCC[C@@H]1C(=O)OC. The number of methoxy groups -OCH3 is 2. The predicted octanol–water partition coefficient (Wildman–Crippen LogP) is 1.59. The smallest absolute Gasteiger partial charge is 0.374 e. The Morgan fingerprint density at radius 3 is 2.85 bits per heavy atom. The Balaban J connectivity index is 2.13. The van der Waals surface area contributed by atoms with Crippen molar-refractivity contribution >= 4 is 11.9 Å². The van der Waals surface area contributed by atoms with Gasteiger partial charge >= 0.3 is 11.9 Å². The van der Waals surface area contributed by atoms with Gasteiger partial charge in [-0.25, -0.2) is 4.79 Å². The molecule has 2 rings (SSSR count). The normalized spacial score (nSPS) is 19.6. The summed E-state index contributed by atoms with van der Waals surface area (Å²) in [6.45, 7) is 1.27. The van der Waals surface area contributed by atoms with Crippen molar-refractivity contribution in [3.05, 3.63) is 23.7 Å². The van der Waals surface area contributed by atoms with Crippen LogP contribution in [0.25, 0.3) is 0 Å². The van der Waals surface area contributed by atoms with Gasteiger partial charge in [0.25, 0.3) is 0 Å². The molecule has 0 amide bonds. The van der Waals surface area contributed by atoms with Crippen LogP contribution >= 0.6 is 0 Å². The van der Waals surface area contributed by atoms with Crippen molar-refractivity contribution in [2.24, 2.45) is 0 Å². The summed E-state index contributed by atoms with van der Waals surface area (Å²) < 4.78 is 14.7. The Labute approximate surface area is 117 Å². The number of furan rings is 1. The van der Waals surface area contributed by atoms with E-state index in [1.165, 1.54) is 20.5 Å². The molecule has 20 heavy (non-hydrogen) atoms. The standard InChI is InChI=1S/C14H19NO5/c1-18-13(16)11-5-3-4-7-15(11)9-10-6-8-20-12(10)14(17)19-2/h6,8,11H,3-5,7,9H2,1-2H3/t11-/m1/s1. The number of piperidine rings is 1. The van der Waals surface area contributed by atoms with E-state index < -0.39 is 5.97 Å². The fourth-order valence-electron chi connectivity index (χ4n) is 2.53. The lowest BCUT2D eigenvalue weighted by Crippen LogP contribution is -2.44. The summed E-state index contributed by atoms with van der Waals surface area (Å²) in [6.07, 6.45) is 4.27. The zero-order valence-corrected chi connectivity index (χ0v) is 11.8. The molecule has 0 N–H and O–H groups in total. The van der Waals surface area contributed by atoms with Gasteiger partial charge in [-0.1, -0.05) is 6.42 Å². The molecule has 0 spiro atoms. The van der Waals surface area contributed by atoms with E-state index in [1.807, 2.05) is 4.90 Å². The highest BCUT2D eigenvalue weighted by Crippen LogP contribution is 2.22. The minimum atomic E-state index is -0.503. The largest absolute Gasteiger partial charge is 0.468 e. The van der Waals surface area contributed by atoms with Crippen molar-refractivity contribution in [2.75, 3.05) is 20.8 Å². The summed E-state index contributed by atoms with van der Waals surface area (Å²) in [4.78, 5) is 25.4. The molecule has 2 heterocycles. The summed E-state index contributed by atoms with van der Waals surface area (Å²) in [5.74, 6) is -0.536. The minimum absolute atomic E-state index is 0.196. The summed E-state index contributed by atoms with van der Waals surface area (Å²) >= 11 is 0. The lowest BCUT2D eigenvalue weighted by atomic mass is 10.0. The fraction of sp³-hybridized carbons (Fsp3) is 0.571. The first-order valence-electron chi connectivity index (χ1n) is 6.64. The van der Waals surface area contributed by atoms with E-state index in [0.717, 1.165) is 31.4 Å². The Kier molecular flexibility index (Phi) is 4.79. The van der Waals surface area contributed by atoms with Crippen LogP contribution in [-0.2, 0) is 20.8 Å².